The third kappa shape index (κ3) is 3.18. The van der Waals surface area contributed by atoms with E-state index in [1.165, 1.54) is 0 Å². The number of hydrogen-bond acceptors (Lipinski definition) is 2. The second-order valence-corrected chi connectivity index (χ2v) is 7.59. The highest BCUT2D eigenvalue weighted by atomic mass is 16.7. The molecule has 19 heavy (non-hydrogen) atoms. The molecule has 0 saturated carbocycles. The van der Waals surface area contributed by atoms with Gasteiger partial charge in [-0.1, -0.05) is 71.9 Å². The van der Waals surface area contributed by atoms with E-state index in [0.29, 0.717) is 0 Å². The van der Waals surface area contributed by atoms with Crippen molar-refractivity contribution in [1.29, 1.82) is 0 Å². The van der Waals surface area contributed by atoms with Crippen LogP contribution in [0.15, 0.2) is 30.3 Å². The number of rotatable bonds is 1. The van der Waals surface area contributed by atoms with Gasteiger partial charge < -0.3 is 9.47 Å². The summed E-state index contributed by atoms with van der Waals surface area (Å²) in [7, 11) is 0. The molecular formula is C17H26O2. The Morgan fingerprint density at radius 3 is 1.53 bits per heavy atom. The molecule has 0 radical (unpaired) electrons. The maximum Gasteiger partial charge on any atom is 0.184 e. The van der Waals surface area contributed by atoms with E-state index in [9.17, 15) is 0 Å². The van der Waals surface area contributed by atoms with E-state index < -0.39 is 0 Å². The Morgan fingerprint density at radius 2 is 1.16 bits per heavy atom. The molecule has 1 heterocycles. The van der Waals surface area contributed by atoms with E-state index >= 15 is 0 Å². The summed E-state index contributed by atoms with van der Waals surface area (Å²) >= 11 is 0. The van der Waals surface area contributed by atoms with Crippen LogP contribution in [0.2, 0.25) is 0 Å². The second kappa shape index (κ2) is 4.92. The van der Waals surface area contributed by atoms with Crippen molar-refractivity contribution in [2.45, 2.75) is 60.0 Å². The number of benzene rings is 1. The van der Waals surface area contributed by atoms with Crippen molar-refractivity contribution in [2.24, 2.45) is 10.8 Å². The summed E-state index contributed by atoms with van der Waals surface area (Å²) in [5.74, 6) is 0. The van der Waals surface area contributed by atoms with E-state index in [0.717, 1.165) is 5.56 Å². The molecule has 2 heteroatoms. The lowest BCUT2D eigenvalue weighted by Crippen LogP contribution is -2.42. The molecule has 106 valence electrons. The first-order valence-electron chi connectivity index (χ1n) is 7.05. The SMILES string of the molecule is CC(C)(C)[C@@H]1OC(c2ccccc2)O[C@H]1C(C)(C)C. The van der Waals surface area contributed by atoms with Crippen molar-refractivity contribution in [3.05, 3.63) is 35.9 Å². The Balaban J connectivity index is 2.26. The van der Waals surface area contributed by atoms with Gasteiger partial charge >= 0.3 is 0 Å². The summed E-state index contributed by atoms with van der Waals surface area (Å²) in [6.07, 6.45) is -0.0231. The van der Waals surface area contributed by atoms with Crippen molar-refractivity contribution in [2.75, 3.05) is 0 Å². The molecule has 0 aromatic heterocycles. The van der Waals surface area contributed by atoms with E-state index in [-0.39, 0.29) is 29.3 Å². The van der Waals surface area contributed by atoms with Crippen LogP contribution in [-0.4, -0.2) is 12.2 Å². The molecule has 1 saturated heterocycles. The third-order valence-electron chi connectivity index (χ3n) is 3.59. The first-order valence-corrected chi connectivity index (χ1v) is 7.05. The highest BCUT2D eigenvalue weighted by Crippen LogP contribution is 2.45. The molecule has 1 aliphatic rings. The van der Waals surface area contributed by atoms with Gasteiger partial charge in [-0.2, -0.15) is 0 Å². The van der Waals surface area contributed by atoms with Crippen molar-refractivity contribution in [3.8, 4) is 0 Å². The highest BCUT2D eigenvalue weighted by molar-refractivity contribution is 5.17. The fourth-order valence-electron chi connectivity index (χ4n) is 2.52. The van der Waals surface area contributed by atoms with Gasteiger partial charge in [-0.25, -0.2) is 0 Å². The monoisotopic (exact) mass is 262 g/mol. The zero-order valence-corrected chi connectivity index (χ0v) is 12.9. The van der Waals surface area contributed by atoms with Crippen LogP contribution in [0.3, 0.4) is 0 Å². The smallest absolute Gasteiger partial charge is 0.184 e. The fraction of sp³-hybridized carbons (Fsp3) is 0.647. The minimum absolute atomic E-state index is 0.0709. The molecule has 0 N–H and O–H groups in total. The largest absolute Gasteiger partial charge is 0.342 e. The normalized spacial score (nSPS) is 25.8. The standard InChI is InChI=1S/C17H26O2/c1-16(2,3)13-14(17(4,5)6)19-15(18-13)12-10-8-7-9-11-12/h7-11,13-15H,1-6H3/t13-,14-/m1/s1. The van der Waals surface area contributed by atoms with Crippen molar-refractivity contribution >= 4 is 0 Å². The zero-order valence-electron chi connectivity index (χ0n) is 12.9. The van der Waals surface area contributed by atoms with Crippen molar-refractivity contribution < 1.29 is 9.47 Å². The van der Waals surface area contributed by atoms with Crippen LogP contribution in [0.1, 0.15) is 53.4 Å². The van der Waals surface area contributed by atoms with Crippen LogP contribution in [0.25, 0.3) is 0 Å². The molecule has 2 nitrogen and oxygen atoms in total. The minimum atomic E-state index is -0.241. The molecule has 2 rings (SSSR count). The van der Waals surface area contributed by atoms with E-state index in [4.69, 9.17) is 9.47 Å². The Morgan fingerprint density at radius 1 is 0.737 bits per heavy atom. The Labute approximate surface area is 117 Å². The van der Waals surface area contributed by atoms with Crippen LogP contribution >= 0.6 is 0 Å². The van der Waals surface area contributed by atoms with Gasteiger partial charge in [0.2, 0.25) is 0 Å². The van der Waals surface area contributed by atoms with Gasteiger partial charge in [-0.3, -0.25) is 0 Å². The minimum Gasteiger partial charge on any atom is -0.342 e. The van der Waals surface area contributed by atoms with Crippen LogP contribution in [0, 0.1) is 10.8 Å². The number of ether oxygens (including phenoxy) is 2. The first kappa shape index (κ1) is 14.5. The van der Waals surface area contributed by atoms with Crippen molar-refractivity contribution in [3.63, 3.8) is 0 Å². The topological polar surface area (TPSA) is 18.5 Å². The third-order valence-corrected chi connectivity index (χ3v) is 3.59. The molecule has 1 fully saturated rings. The summed E-state index contributed by atoms with van der Waals surface area (Å²) in [6, 6.07) is 10.2. The van der Waals surface area contributed by atoms with Gasteiger partial charge in [-0.05, 0) is 10.8 Å². The predicted octanol–water partition coefficient (Wildman–Crippen LogP) is 4.56. The summed E-state index contributed by atoms with van der Waals surface area (Å²) in [6.45, 7) is 13.3. The lowest BCUT2D eigenvalue weighted by atomic mass is 9.76. The molecule has 0 unspecified atom stereocenters. The van der Waals surface area contributed by atoms with Crippen LogP contribution in [-0.2, 0) is 9.47 Å². The quantitative estimate of drug-likeness (QED) is 0.738. The van der Waals surface area contributed by atoms with Gasteiger partial charge in [0.25, 0.3) is 0 Å². The molecule has 2 atom stereocenters. The predicted molar refractivity (Wildman–Crippen MR) is 77.8 cm³/mol. The van der Waals surface area contributed by atoms with Crippen LogP contribution in [0.4, 0.5) is 0 Å². The van der Waals surface area contributed by atoms with Crippen LogP contribution in [0.5, 0.6) is 0 Å². The molecular weight excluding hydrogens is 236 g/mol. The van der Waals surface area contributed by atoms with E-state index in [1.807, 2.05) is 18.2 Å². The summed E-state index contributed by atoms with van der Waals surface area (Å²) in [4.78, 5) is 0. The maximum absolute atomic E-state index is 6.23. The van der Waals surface area contributed by atoms with Crippen molar-refractivity contribution in [1.82, 2.24) is 0 Å². The molecule has 1 aromatic carbocycles. The molecule has 0 spiro atoms. The van der Waals surface area contributed by atoms with Crippen LogP contribution < -0.4 is 0 Å². The Bertz CT molecular complexity index is 389. The molecule has 0 bridgehead atoms. The molecule has 0 aliphatic carbocycles. The number of hydrogen-bond donors (Lipinski definition) is 0. The van der Waals surface area contributed by atoms with Gasteiger partial charge in [0.05, 0.1) is 12.2 Å². The average Bonchev–Trinajstić information content (AvgIpc) is 2.74. The maximum atomic E-state index is 6.23. The average molecular weight is 262 g/mol. The van der Waals surface area contributed by atoms with Gasteiger partial charge in [0.15, 0.2) is 6.29 Å². The zero-order chi connectivity index (χ0) is 14.3. The van der Waals surface area contributed by atoms with Gasteiger partial charge in [-0.15, -0.1) is 0 Å². The summed E-state index contributed by atoms with van der Waals surface area (Å²) in [5.41, 5.74) is 1.24. The molecule has 1 aromatic rings. The molecule has 0 amide bonds. The Kier molecular flexibility index (Phi) is 3.76. The lowest BCUT2D eigenvalue weighted by Gasteiger charge is -2.36. The fourth-order valence-corrected chi connectivity index (χ4v) is 2.52. The first-order chi connectivity index (χ1) is 8.69. The highest BCUT2D eigenvalue weighted by Gasteiger charge is 2.48. The summed E-state index contributed by atoms with van der Waals surface area (Å²) < 4.78 is 12.5. The van der Waals surface area contributed by atoms with Gasteiger partial charge in [0, 0.05) is 5.56 Å². The molecule has 1 aliphatic heterocycles. The van der Waals surface area contributed by atoms with E-state index in [2.05, 4.69) is 53.7 Å². The van der Waals surface area contributed by atoms with Gasteiger partial charge in [0.1, 0.15) is 0 Å². The lowest BCUT2D eigenvalue weighted by molar-refractivity contribution is -0.0872. The summed E-state index contributed by atoms with van der Waals surface area (Å²) in [5, 5.41) is 0. The van der Waals surface area contributed by atoms with E-state index in [1.54, 1.807) is 0 Å². The second-order valence-electron chi connectivity index (χ2n) is 7.59. The Hall–Kier alpha value is -0.860.